The normalized spacial score (nSPS) is 16.3. The van der Waals surface area contributed by atoms with Gasteiger partial charge in [-0.1, -0.05) is 19.4 Å². The Bertz CT molecular complexity index is 205. The van der Waals surface area contributed by atoms with Crippen molar-refractivity contribution < 1.29 is 0 Å². The third-order valence-corrected chi connectivity index (χ3v) is 2.60. The van der Waals surface area contributed by atoms with Crippen LogP contribution < -0.4 is 5.32 Å². The van der Waals surface area contributed by atoms with Crippen molar-refractivity contribution in [1.82, 2.24) is 15.2 Å². The molecule has 2 rings (SSSR count). The Morgan fingerprint density at radius 1 is 1.12 bits per heavy atom. The lowest BCUT2D eigenvalue weighted by Gasteiger charge is -2.26. The zero-order chi connectivity index (χ0) is 11.5. The maximum atomic E-state index is 3.78. The average Bonchev–Trinajstić information content (AvgIpc) is 2.40. The molecule has 90 valence electrons. The molecule has 1 aliphatic heterocycles. The molecule has 3 nitrogen and oxygen atoms in total. The first-order chi connectivity index (χ1) is 7.93. The molecule has 3 heteroatoms. The van der Waals surface area contributed by atoms with E-state index in [1.54, 1.807) is 12.4 Å². The predicted octanol–water partition coefficient (Wildman–Crippen LogP) is 1.77. The summed E-state index contributed by atoms with van der Waals surface area (Å²) in [6.07, 6.45) is 6.18. The third kappa shape index (κ3) is 6.53. The van der Waals surface area contributed by atoms with Crippen molar-refractivity contribution in [3.05, 3.63) is 30.6 Å². The van der Waals surface area contributed by atoms with Gasteiger partial charge in [-0.2, -0.15) is 0 Å². The minimum absolute atomic E-state index is 1.18. The second-order valence-corrected chi connectivity index (χ2v) is 3.97. The quantitative estimate of drug-likeness (QED) is 0.843. The summed E-state index contributed by atoms with van der Waals surface area (Å²) < 4.78 is 0. The van der Waals surface area contributed by atoms with Crippen molar-refractivity contribution in [3.8, 4) is 0 Å². The highest BCUT2D eigenvalue weighted by Gasteiger charge is 2.06. The van der Waals surface area contributed by atoms with Crippen molar-refractivity contribution in [3.63, 3.8) is 0 Å². The highest BCUT2D eigenvalue weighted by molar-refractivity contribution is 4.88. The Balaban J connectivity index is 0.000000181. The van der Waals surface area contributed by atoms with Crippen LogP contribution in [0, 0.1) is 0 Å². The van der Waals surface area contributed by atoms with Crippen LogP contribution in [0.15, 0.2) is 30.6 Å². The van der Waals surface area contributed by atoms with Gasteiger partial charge in [0.1, 0.15) is 0 Å². The molecular weight excluding hydrogens is 198 g/mol. The van der Waals surface area contributed by atoms with E-state index in [-0.39, 0.29) is 0 Å². The summed E-state index contributed by atoms with van der Waals surface area (Å²) in [7, 11) is 0. The number of hydrogen-bond acceptors (Lipinski definition) is 3. The molecule has 1 fully saturated rings. The molecule has 1 N–H and O–H groups in total. The van der Waals surface area contributed by atoms with E-state index in [0.717, 1.165) is 0 Å². The van der Waals surface area contributed by atoms with E-state index in [0.29, 0.717) is 0 Å². The van der Waals surface area contributed by atoms with Crippen LogP contribution in [0.5, 0.6) is 0 Å². The Hall–Kier alpha value is -0.930. The minimum atomic E-state index is 1.18. The van der Waals surface area contributed by atoms with Gasteiger partial charge in [0, 0.05) is 38.6 Å². The Morgan fingerprint density at radius 2 is 1.81 bits per heavy atom. The Morgan fingerprint density at radius 3 is 2.25 bits per heavy atom. The van der Waals surface area contributed by atoms with E-state index in [9.17, 15) is 0 Å². The van der Waals surface area contributed by atoms with Crippen molar-refractivity contribution in [1.29, 1.82) is 0 Å². The maximum Gasteiger partial charge on any atom is 0.0267 e. The fraction of sp³-hybridized carbons (Fsp3) is 0.615. The highest BCUT2D eigenvalue weighted by atomic mass is 15.2. The fourth-order valence-electron chi connectivity index (χ4n) is 1.63. The number of piperazine rings is 1. The SMILES string of the molecule is CCCCN1CCNCC1.c1ccncc1. The molecule has 0 spiro atoms. The van der Waals surface area contributed by atoms with Crippen LogP contribution in [0.3, 0.4) is 0 Å². The number of nitrogens with zero attached hydrogens (tertiary/aromatic N) is 2. The van der Waals surface area contributed by atoms with Gasteiger partial charge in [-0.15, -0.1) is 0 Å². The lowest BCUT2D eigenvalue weighted by atomic mass is 10.3. The fourth-order valence-corrected chi connectivity index (χ4v) is 1.63. The van der Waals surface area contributed by atoms with Crippen LogP contribution >= 0.6 is 0 Å². The van der Waals surface area contributed by atoms with Crippen molar-refractivity contribution in [2.45, 2.75) is 19.8 Å². The summed E-state index contributed by atoms with van der Waals surface area (Å²) >= 11 is 0. The molecule has 0 atom stereocenters. The van der Waals surface area contributed by atoms with Crippen molar-refractivity contribution in [2.24, 2.45) is 0 Å². The smallest absolute Gasteiger partial charge is 0.0267 e. The van der Waals surface area contributed by atoms with Gasteiger partial charge < -0.3 is 10.2 Å². The number of pyridine rings is 1. The van der Waals surface area contributed by atoms with Crippen LogP contribution in [-0.4, -0.2) is 42.6 Å². The van der Waals surface area contributed by atoms with E-state index in [2.05, 4.69) is 22.1 Å². The van der Waals surface area contributed by atoms with Gasteiger partial charge in [0.25, 0.3) is 0 Å². The predicted molar refractivity (Wildman–Crippen MR) is 68.5 cm³/mol. The van der Waals surface area contributed by atoms with Gasteiger partial charge in [0.2, 0.25) is 0 Å². The summed E-state index contributed by atoms with van der Waals surface area (Å²) in [5.74, 6) is 0. The second-order valence-electron chi connectivity index (χ2n) is 3.97. The zero-order valence-corrected chi connectivity index (χ0v) is 10.2. The molecule has 0 amide bonds. The van der Waals surface area contributed by atoms with E-state index in [1.807, 2.05) is 18.2 Å². The lowest BCUT2D eigenvalue weighted by molar-refractivity contribution is 0.238. The molecule has 1 aliphatic rings. The molecule has 16 heavy (non-hydrogen) atoms. The lowest BCUT2D eigenvalue weighted by Crippen LogP contribution is -2.43. The van der Waals surface area contributed by atoms with Crippen molar-refractivity contribution in [2.75, 3.05) is 32.7 Å². The van der Waals surface area contributed by atoms with Crippen LogP contribution in [0.1, 0.15) is 19.8 Å². The summed E-state index contributed by atoms with van der Waals surface area (Å²) in [4.78, 5) is 6.33. The van der Waals surface area contributed by atoms with Gasteiger partial charge in [-0.25, -0.2) is 0 Å². The standard InChI is InChI=1S/C8H18N2.C5H5N/c1-2-3-6-10-7-4-9-5-8-10;1-2-4-6-5-3-1/h9H,2-8H2,1H3;1-5H. The molecule has 1 aromatic heterocycles. The topological polar surface area (TPSA) is 28.2 Å². The highest BCUT2D eigenvalue weighted by Crippen LogP contribution is 1.95. The van der Waals surface area contributed by atoms with Crippen LogP contribution in [-0.2, 0) is 0 Å². The average molecular weight is 221 g/mol. The third-order valence-electron chi connectivity index (χ3n) is 2.60. The first-order valence-corrected chi connectivity index (χ1v) is 6.21. The van der Waals surface area contributed by atoms with E-state index in [4.69, 9.17) is 0 Å². The number of nitrogens with one attached hydrogen (secondary N) is 1. The van der Waals surface area contributed by atoms with Crippen LogP contribution in [0.4, 0.5) is 0 Å². The van der Waals surface area contributed by atoms with Gasteiger partial charge in [0.15, 0.2) is 0 Å². The second kappa shape index (κ2) is 9.31. The van der Waals surface area contributed by atoms with E-state index < -0.39 is 0 Å². The zero-order valence-electron chi connectivity index (χ0n) is 10.2. The minimum Gasteiger partial charge on any atom is -0.314 e. The number of unbranched alkanes of at least 4 members (excludes halogenated alkanes) is 1. The number of rotatable bonds is 3. The summed E-state index contributed by atoms with van der Waals surface area (Å²) in [6, 6.07) is 5.72. The largest absolute Gasteiger partial charge is 0.314 e. The Labute approximate surface area is 98.9 Å². The van der Waals surface area contributed by atoms with Gasteiger partial charge in [-0.3, -0.25) is 4.98 Å². The molecule has 0 unspecified atom stereocenters. The molecule has 1 aromatic rings. The van der Waals surface area contributed by atoms with Crippen molar-refractivity contribution >= 4 is 0 Å². The van der Waals surface area contributed by atoms with Crippen LogP contribution in [0.2, 0.25) is 0 Å². The maximum absolute atomic E-state index is 3.78. The molecule has 0 radical (unpaired) electrons. The molecule has 0 bridgehead atoms. The Kier molecular flexibility index (Phi) is 7.64. The molecule has 0 aromatic carbocycles. The first-order valence-electron chi connectivity index (χ1n) is 6.21. The van der Waals surface area contributed by atoms with Gasteiger partial charge in [-0.05, 0) is 25.1 Å². The monoisotopic (exact) mass is 221 g/mol. The summed E-state index contributed by atoms with van der Waals surface area (Å²) in [6.45, 7) is 8.42. The summed E-state index contributed by atoms with van der Waals surface area (Å²) in [5.41, 5.74) is 0. The molecule has 0 saturated carbocycles. The number of hydrogen-bond donors (Lipinski definition) is 1. The molecule has 0 aliphatic carbocycles. The molecule has 1 saturated heterocycles. The van der Waals surface area contributed by atoms with Gasteiger partial charge >= 0.3 is 0 Å². The van der Waals surface area contributed by atoms with Gasteiger partial charge in [0.05, 0.1) is 0 Å². The summed E-state index contributed by atoms with van der Waals surface area (Å²) in [5, 5.41) is 3.35. The van der Waals surface area contributed by atoms with E-state index in [1.165, 1.54) is 45.6 Å². The molecule has 2 heterocycles. The first kappa shape index (κ1) is 13.1. The molecular formula is C13H23N3. The van der Waals surface area contributed by atoms with Crippen LogP contribution in [0.25, 0.3) is 0 Å². The van der Waals surface area contributed by atoms with E-state index >= 15 is 0 Å². The number of aromatic nitrogens is 1.